The minimum Gasteiger partial charge on any atom is -0.333 e. The van der Waals surface area contributed by atoms with Gasteiger partial charge in [-0.3, -0.25) is 0 Å². The van der Waals surface area contributed by atoms with Crippen molar-refractivity contribution in [3.8, 4) is 0 Å². The average Bonchev–Trinajstić information content (AvgIpc) is 2.83. The van der Waals surface area contributed by atoms with Crippen LogP contribution in [0.3, 0.4) is 0 Å². The van der Waals surface area contributed by atoms with Gasteiger partial charge in [-0.05, 0) is 30.5 Å². The second-order valence-corrected chi connectivity index (χ2v) is 4.79. The first kappa shape index (κ1) is 11.7. The van der Waals surface area contributed by atoms with Crippen LogP contribution < -0.4 is 10.6 Å². The molecule has 0 aliphatic rings. The molecule has 3 nitrogen and oxygen atoms in total. The molecule has 0 bridgehead atoms. The number of hydrogen-bond acceptors (Lipinski definition) is 2. The molecule has 4 heteroatoms. The Balaban J connectivity index is 1.83. The van der Waals surface area contributed by atoms with Crippen LogP contribution in [0.25, 0.3) is 0 Å². The molecule has 0 aliphatic carbocycles. The molecule has 0 atom stereocenters. The van der Waals surface area contributed by atoms with Crippen molar-refractivity contribution >= 4 is 23.1 Å². The second-order valence-electron chi connectivity index (χ2n) is 3.75. The van der Waals surface area contributed by atoms with E-state index in [1.165, 1.54) is 5.56 Å². The number of amides is 2. The van der Waals surface area contributed by atoms with E-state index < -0.39 is 0 Å². The smallest absolute Gasteiger partial charge is 0.319 e. The van der Waals surface area contributed by atoms with Gasteiger partial charge >= 0.3 is 6.03 Å². The first-order valence-electron chi connectivity index (χ1n) is 5.38. The number of benzene rings is 1. The maximum atomic E-state index is 11.6. The first-order chi connectivity index (χ1) is 8.24. The summed E-state index contributed by atoms with van der Waals surface area (Å²) in [6.45, 7) is 2.58. The van der Waals surface area contributed by atoms with E-state index in [1.807, 2.05) is 48.7 Å². The lowest BCUT2D eigenvalue weighted by Gasteiger charge is -2.06. The van der Waals surface area contributed by atoms with Crippen LogP contribution in [0.2, 0.25) is 0 Å². The minimum absolute atomic E-state index is 0.178. The predicted molar refractivity (Wildman–Crippen MR) is 71.4 cm³/mol. The number of anilines is 1. The molecule has 0 fully saturated rings. The third kappa shape index (κ3) is 3.60. The van der Waals surface area contributed by atoms with E-state index in [0.29, 0.717) is 6.54 Å². The monoisotopic (exact) mass is 246 g/mol. The Hall–Kier alpha value is -1.81. The molecule has 1 aromatic carbocycles. The van der Waals surface area contributed by atoms with E-state index >= 15 is 0 Å². The van der Waals surface area contributed by atoms with Gasteiger partial charge in [-0.2, -0.15) is 0 Å². The van der Waals surface area contributed by atoms with Gasteiger partial charge in [0.1, 0.15) is 0 Å². The summed E-state index contributed by atoms with van der Waals surface area (Å²) in [5.74, 6) is 0. The Bertz CT molecular complexity index is 477. The van der Waals surface area contributed by atoms with Crippen LogP contribution in [-0.2, 0) is 6.54 Å². The lowest BCUT2D eigenvalue weighted by molar-refractivity contribution is 0.252. The number of carbonyl (C=O) groups is 1. The zero-order chi connectivity index (χ0) is 12.1. The van der Waals surface area contributed by atoms with Gasteiger partial charge in [0.25, 0.3) is 0 Å². The molecule has 1 heterocycles. The van der Waals surface area contributed by atoms with Crippen molar-refractivity contribution in [2.45, 2.75) is 13.5 Å². The van der Waals surface area contributed by atoms with Crippen LogP contribution in [0.1, 0.15) is 10.4 Å². The molecular weight excluding hydrogens is 232 g/mol. The van der Waals surface area contributed by atoms with Gasteiger partial charge < -0.3 is 10.6 Å². The quantitative estimate of drug-likeness (QED) is 0.856. The molecule has 0 saturated heterocycles. The average molecular weight is 246 g/mol. The molecule has 2 rings (SSSR count). The molecule has 0 unspecified atom stereocenters. The number of hydrogen-bond donors (Lipinski definition) is 2. The highest BCUT2D eigenvalue weighted by molar-refractivity contribution is 7.09. The van der Waals surface area contributed by atoms with Crippen molar-refractivity contribution < 1.29 is 4.79 Å². The third-order valence-corrected chi connectivity index (χ3v) is 3.19. The zero-order valence-corrected chi connectivity index (χ0v) is 10.4. The fourth-order valence-corrected chi connectivity index (χ4v) is 2.04. The fraction of sp³-hybridized carbons (Fsp3) is 0.154. The van der Waals surface area contributed by atoms with E-state index in [4.69, 9.17) is 0 Å². The highest BCUT2D eigenvalue weighted by Gasteiger charge is 2.01. The molecule has 0 aliphatic heterocycles. The van der Waals surface area contributed by atoms with Gasteiger partial charge in [-0.15, -0.1) is 11.3 Å². The van der Waals surface area contributed by atoms with Crippen molar-refractivity contribution in [1.29, 1.82) is 0 Å². The minimum atomic E-state index is -0.178. The number of carbonyl (C=O) groups excluding carboxylic acids is 1. The van der Waals surface area contributed by atoms with Crippen molar-refractivity contribution in [1.82, 2.24) is 5.32 Å². The summed E-state index contributed by atoms with van der Waals surface area (Å²) in [5, 5.41) is 7.59. The normalized spacial score (nSPS) is 9.94. The zero-order valence-electron chi connectivity index (χ0n) is 9.57. The van der Waals surface area contributed by atoms with Crippen LogP contribution >= 0.6 is 11.3 Å². The largest absolute Gasteiger partial charge is 0.333 e. The molecular formula is C13H14N2OS. The lowest BCUT2D eigenvalue weighted by atomic mass is 10.2. The van der Waals surface area contributed by atoms with Crippen molar-refractivity contribution in [3.63, 3.8) is 0 Å². The number of thiophene rings is 1. The Labute approximate surface area is 104 Å². The standard InChI is InChI=1S/C13H14N2OS/c1-10-4-6-11(7-5-10)15-13(16)14-9-12-3-2-8-17-12/h2-8H,9H2,1H3,(H2,14,15,16). The van der Waals surface area contributed by atoms with Gasteiger partial charge in [-0.1, -0.05) is 23.8 Å². The molecule has 0 saturated carbocycles. The molecule has 0 spiro atoms. The van der Waals surface area contributed by atoms with Gasteiger partial charge in [-0.25, -0.2) is 4.79 Å². The lowest BCUT2D eigenvalue weighted by Crippen LogP contribution is -2.27. The summed E-state index contributed by atoms with van der Waals surface area (Å²) in [6, 6.07) is 11.5. The first-order valence-corrected chi connectivity index (χ1v) is 6.26. The highest BCUT2D eigenvalue weighted by Crippen LogP contribution is 2.09. The van der Waals surface area contributed by atoms with Crippen LogP contribution in [-0.4, -0.2) is 6.03 Å². The van der Waals surface area contributed by atoms with Crippen molar-refractivity contribution in [2.24, 2.45) is 0 Å². The Morgan fingerprint density at radius 1 is 1.24 bits per heavy atom. The summed E-state index contributed by atoms with van der Waals surface area (Å²) < 4.78 is 0. The van der Waals surface area contributed by atoms with E-state index in [9.17, 15) is 4.79 Å². The van der Waals surface area contributed by atoms with Crippen LogP contribution in [0.15, 0.2) is 41.8 Å². The number of rotatable bonds is 3. The Morgan fingerprint density at radius 2 is 2.00 bits per heavy atom. The van der Waals surface area contributed by atoms with Crippen molar-refractivity contribution in [3.05, 3.63) is 52.2 Å². The fourth-order valence-electron chi connectivity index (χ4n) is 1.39. The number of nitrogens with one attached hydrogen (secondary N) is 2. The molecule has 88 valence electrons. The summed E-state index contributed by atoms with van der Waals surface area (Å²) >= 11 is 1.63. The van der Waals surface area contributed by atoms with Gasteiger partial charge in [0, 0.05) is 10.6 Å². The summed E-state index contributed by atoms with van der Waals surface area (Å²) in [4.78, 5) is 12.7. The molecule has 2 aromatic rings. The van der Waals surface area contributed by atoms with Crippen LogP contribution in [0.5, 0.6) is 0 Å². The molecule has 17 heavy (non-hydrogen) atoms. The molecule has 1 aromatic heterocycles. The molecule has 2 N–H and O–H groups in total. The number of aryl methyl sites for hydroxylation is 1. The topological polar surface area (TPSA) is 41.1 Å². The van der Waals surface area contributed by atoms with Gasteiger partial charge in [0.2, 0.25) is 0 Å². The number of urea groups is 1. The van der Waals surface area contributed by atoms with Crippen molar-refractivity contribution in [2.75, 3.05) is 5.32 Å². The van der Waals surface area contributed by atoms with Gasteiger partial charge in [0.15, 0.2) is 0 Å². The van der Waals surface area contributed by atoms with Crippen LogP contribution in [0, 0.1) is 6.92 Å². The molecule has 2 amide bonds. The Morgan fingerprint density at radius 3 is 2.65 bits per heavy atom. The highest BCUT2D eigenvalue weighted by atomic mass is 32.1. The Kier molecular flexibility index (Phi) is 3.77. The van der Waals surface area contributed by atoms with E-state index in [2.05, 4.69) is 10.6 Å². The van der Waals surface area contributed by atoms with Crippen LogP contribution in [0.4, 0.5) is 10.5 Å². The maximum Gasteiger partial charge on any atom is 0.319 e. The summed E-state index contributed by atoms with van der Waals surface area (Å²) in [6.07, 6.45) is 0. The van der Waals surface area contributed by atoms with E-state index in [-0.39, 0.29) is 6.03 Å². The second kappa shape index (κ2) is 5.50. The SMILES string of the molecule is Cc1ccc(NC(=O)NCc2cccs2)cc1. The molecule has 0 radical (unpaired) electrons. The summed E-state index contributed by atoms with van der Waals surface area (Å²) in [5.41, 5.74) is 1.98. The van der Waals surface area contributed by atoms with E-state index in [0.717, 1.165) is 10.6 Å². The summed E-state index contributed by atoms with van der Waals surface area (Å²) in [7, 11) is 0. The maximum absolute atomic E-state index is 11.6. The van der Waals surface area contributed by atoms with Gasteiger partial charge in [0.05, 0.1) is 6.54 Å². The predicted octanol–water partition coefficient (Wildman–Crippen LogP) is 3.38. The van der Waals surface area contributed by atoms with E-state index in [1.54, 1.807) is 11.3 Å². The third-order valence-electron chi connectivity index (χ3n) is 2.31.